The summed E-state index contributed by atoms with van der Waals surface area (Å²) < 4.78 is 0. The van der Waals surface area contributed by atoms with E-state index in [4.69, 9.17) is 11.6 Å². The van der Waals surface area contributed by atoms with Crippen molar-refractivity contribution in [2.24, 2.45) is 0 Å². The topological polar surface area (TPSA) is 20.2 Å². The second-order valence-corrected chi connectivity index (χ2v) is 5.29. The molecule has 0 fully saturated rings. The largest absolute Gasteiger partial charge is 0.508 e. The minimum atomic E-state index is 0.0816. The lowest BCUT2D eigenvalue weighted by atomic mass is 10.0. The van der Waals surface area contributed by atoms with Crippen LogP contribution in [-0.4, -0.2) is 5.11 Å². The number of hydrogen-bond donors (Lipinski definition) is 1. The highest BCUT2D eigenvalue weighted by Gasteiger charge is 2.12. The molecule has 1 rings (SSSR count). The monoisotopic (exact) mass is 266 g/mol. The van der Waals surface area contributed by atoms with Crippen LogP contribution in [-0.2, 0) is 0 Å². The molecule has 1 nitrogen and oxygen atoms in total. The first-order chi connectivity index (χ1) is 7.97. The fourth-order valence-electron chi connectivity index (χ4n) is 1.50. The maximum Gasteiger partial charge on any atom is 0.117 e. The van der Waals surface area contributed by atoms with E-state index in [1.54, 1.807) is 23.5 Å². The maximum atomic E-state index is 9.61. The first-order valence-corrected chi connectivity index (χ1v) is 6.36. The van der Waals surface area contributed by atoms with Gasteiger partial charge in [0.1, 0.15) is 5.76 Å². The molecule has 90 valence electrons. The summed E-state index contributed by atoms with van der Waals surface area (Å²) in [5.41, 5.74) is 2.63. The van der Waals surface area contributed by atoms with E-state index in [2.05, 4.69) is 13.2 Å². The van der Waals surface area contributed by atoms with Gasteiger partial charge in [0.25, 0.3) is 0 Å². The van der Waals surface area contributed by atoms with Gasteiger partial charge in [0, 0.05) is 21.0 Å². The van der Waals surface area contributed by atoms with E-state index in [9.17, 15) is 5.11 Å². The Morgan fingerprint density at radius 1 is 1.47 bits per heavy atom. The van der Waals surface area contributed by atoms with Gasteiger partial charge in [-0.15, -0.1) is 11.3 Å². The van der Waals surface area contributed by atoms with E-state index < -0.39 is 0 Å². The smallest absolute Gasteiger partial charge is 0.117 e. The van der Waals surface area contributed by atoms with E-state index in [1.807, 2.05) is 25.3 Å². The highest BCUT2D eigenvalue weighted by molar-refractivity contribution is 7.10. The van der Waals surface area contributed by atoms with Gasteiger partial charge in [0.05, 0.1) is 0 Å². The lowest BCUT2D eigenvalue weighted by molar-refractivity contribution is 0.513. The third kappa shape index (κ3) is 3.35. The second-order valence-electron chi connectivity index (χ2n) is 3.61. The Balaban J connectivity index is 3.31. The summed E-state index contributed by atoms with van der Waals surface area (Å²) in [6.45, 7) is 11.1. The molecule has 0 unspecified atom stereocenters. The molecule has 0 saturated carbocycles. The van der Waals surface area contributed by atoms with Crippen LogP contribution in [0, 0.1) is 6.92 Å². The lowest BCUT2D eigenvalue weighted by Crippen LogP contribution is -1.88. The Labute approximate surface area is 111 Å². The number of allylic oxidation sites excluding steroid dienone is 5. The summed E-state index contributed by atoms with van der Waals surface area (Å²) in [7, 11) is 0. The molecule has 0 atom stereocenters. The number of aliphatic hydroxyl groups is 1. The second kappa shape index (κ2) is 5.89. The van der Waals surface area contributed by atoms with E-state index in [0.29, 0.717) is 5.03 Å². The molecule has 17 heavy (non-hydrogen) atoms. The van der Waals surface area contributed by atoms with Crippen molar-refractivity contribution in [3.63, 3.8) is 0 Å². The molecule has 0 aliphatic rings. The average Bonchev–Trinajstić information content (AvgIpc) is 2.61. The summed E-state index contributed by atoms with van der Waals surface area (Å²) in [6, 6.07) is 0. The van der Waals surface area contributed by atoms with Crippen LogP contribution in [0.4, 0.5) is 0 Å². The fourth-order valence-corrected chi connectivity index (χ4v) is 2.46. The minimum absolute atomic E-state index is 0.0816. The van der Waals surface area contributed by atoms with E-state index in [0.717, 1.165) is 21.6 Å². The molecular formula is C14H15ClOS. The molecule has 0 bridgehead atoms. The fraction of sp³-hybridized carbons (Fsp3) is 0.143. The van der Waals surface area contributed by atoms with E-state index >= 15 is 0 Å². The van der Waals surface area contributed by atoms with Gasteiger partial charge in [-0.1, -0.05) is 36.9 Å². The van der Waals surface area contributed by atoms with Gasteiger partial charge in [-0.3, -0.25) is 0 Å². The number of thiophene rings is 1. The zero-order chi connectivity index (χ0) is 13.0. The molecular weight excluding hydrogens is 252 g/mol. The van der Waals surface area contributed by atoms with E-state index in [1.165, 1.54) is 0 Å². The number of aliphatic hydroxyl groups excluding tert-OH is 1. The summed E-state index contributed by atoms with van der Waals surface area (Å²) in [5, 5.41) is 12.3. The van der Waals surface area contributed by atoms with Crippen LogP contribution in [0.1, 0.15) is 22.9 Å². The molecule has 1 N–H and O–H groups in total. The van der Waals surface area contributed by atoms with Crippen molar-refractivity contribution in [2.45, 2.75) is 13.8 Å². The lowest BCUT2D eigenvalue weighted by Gasteiger charge is -2.04. The molecule has 0 spiro atoms. The van der Waals surface area contributed by atoms with Gasteiger partial charge in [0.2, 0.25) is 0 Å². The zero-order valence-corrected chi connectivity index (χ0v) is 11.5. The van der Waals surface area contributed by atoms with Gasteiger partial charge in [-0.05, 0) is 30.9 Å². The van der Waals surface area contributed by atoms with Crippen LogP contribution < -0.4 is 0 Å². The van der Waals surface area contributed by atoms with Crippen LogP contribution in [0.3, 0.4) is 0 Å². The highest BCUT2D eigenvalue weighted by Crippen LogP contribution is 2.32. The van der Waals surface area contributed by atoms with Crippen molar-refractivity contribution < 1.29 is 5.11 Å². The summed E-state index contributed by atoms with van der Waals surface area (Å²) >= 11 is 7.37. The van der Waals surface area contributed by atoms with Crippen LogP contribution in [0.15, 0.2) is 41.8 Å². The summed E-state index contributed by atoms with van der Waals surface area (Å²) in [4.78, 5) is 1.03. The molecule has 1 aromatic heterocycles. The quantitative estimate of drug-likeness (QED) is 0.579. The van der Waals surface area contributed by atoms with Crippen LogP contribution in [0.25, 0.3) is 11.3 Å². The molecule has 0 amide bonds. The average molecular weight is 267 g/mol. The molecule has 3 heteroatoms. The highest BCUT2D eigenvalue weighted by atomic mass is 35.5. The van der Waals surface area contributed by atoms with Crippen molar-refractivity contribution in [3.05, 3.63) is 57.8 Å². The molecule has 0 radical (unpaired) electrons. The Morgan fingerprint density at radius 3 is 2.59 bits per heavy atom. The number of halogens is 1. The van der Waals surface area contributed by atoms with Gasteiger partial charge in [-0.2, -0.15) is 0 Å². The van der Waals surface area contributed by atoms with Crippen LogP contribution >= 0.6 is 22.9 Å². The molecule has 1 heterocycles. The molecule has 0 saturated heterocycles. The number of rotatable bonds is 4. The molecule has 1 aromatic rings. The predicted molar refractivity (Wildman–Crippen MR) is 78.5 cm³/mol. The maximum absolute atomic E-state index is 9.61. The van der Waals surface area contributed by atoms with Crippen LogP contribution in [0.5, 0.6) is 0 Å². The first-order valence-electron chi connectivity index (χ1n) is 5.10. The normalized spacial score (nSPS) is 12.6. The van der Waals surface area contributed by atoms with Crippen molar-refractivity contribution in [1.29, 1.82) is 0 Å². The van der Waals surface area contributed by atoms with Crippen molar-refractivity contribution in [3.8, 4) is 0 Å². The molecule has 0 aliphatic carbocycles. The van der Waals surface area contributed by atoms with Crippen molar-refractivity contribution in [2.75, 3.05) is 0 Å². The van der Waals surface area contributed by atoms with Gasteiger partial charge in [-0.25, -0.2) is 0 Å². The summed E-state index contributed by atoms with van der Waals surface area (Å²) in [5.74, 6) is 0.0816. The van der Waals surface area contributed by atoms with Crippen LogP contribution in [0.2, 0.25) is 0 Å². The van der Waals surface area contributed by atoms with Gasteiger partial charge in [0.15, 0.2) is 0 Å². The van der Waals surface area contributed by atoms with Crippen molar-refractivity contribution in [1.82, 2.24) is 0 Å². The number of aryl methyl sites for hydroxylation is 1. The van der Waals surface area contributed by atoms with Gasteiger partial charge >= 0.3 is 0 Å². The molecule has 0 aromatic carbocycles. The van der Waals surface area contributed by atoms with Crippen molar-refractivity contribution >= 4 is 34.3 Å². The summed E-state index contributed by atoms with van der Waals surface area (Å²) in [6.07, 6.45) is 5.42. The van der Waals surface area contributed by atoms with E-state index in [-0.39, 0.29) is 5.76 Å². The third-order valence-electron chi connectivity index (χ3n) is 2.29. The first kappa shape index (κ1) is 13.8. The SMILES string of the molecule is C=C/C(=C\C=C(/C)Cl)c1csc(C)c1C(=C)O. The Morgan fingerprint density at radius 2 is 2.12 bits per heavy atom. The Kier molecular flexibility index (Phi) is 4.79. The number of hydrogen-bond acceptors (Lipinski definition) is 2. The minimum Gasteiger partial charge on any atom is -0.508 e. The zero-order valence-electron chi connectivity index (χ0n) is 9.96. The standard InChI is InChI=1S/C14H15ClOS/c1-5-12(7-6-9(2)15)13-8-17-11(4)14(13)10(3)16/h5-8,16H,1,3H2,2,4H3/b9-6+,12-7+. The third-order valence-corrected chi connectivity index (χ3v) is 3.32. The predicted octanol–water partition coefficient (Wildman–Crippen LogP) is 5.30. The molecule has 0 aliphatic heterocycles. The Bertz CT molecular complexity index is 502. The Hall–Kier alpha value is -1.25. The van der Waals surface area contributed by atoms with Gasteiger partial charge < -0.3 is 5.11 Å².